The smallest absolute Gasteiger partial charge is 0.388 e. The number of nitrogens with zero attached hydrogens (tertiary/aromatic N) is 2. The molecule has 0 aliphatic heterocycles. The van der Waals surface area contributed by atoms with Crippen LogP contribution >= 0.6 is 11.6 Å². The van der Waals surface area contributed by atoms with E-state index in [1.165, 1.54) is 16.8 Å². The molecule has 2 aromatic rings. The summed E-state index contributed by atoms with van der Waals surface area (Å²) in [5, 5.41) is 14.6. The number of aromatic nitrogens is 2. The molecule has 21 heavy (non-hydrogen) atoms. The first-order valence-electron chi connectivity index (χ1n) is 6.23. The lowest BCUT2D eigenvalue weighted by Crippen LogP contribution is -2.08. The molecule has 1 heterocycles. The topological polar surface area (TPSA) is 38.0 Å². The molecule has 0 bridgehead atoms. The molecule has 1 N–H and O–H groups in total. The van der Waals surface area contributed by atoms with Crippen LogP contribution in [0.1, 0.15) is 28.5 Å². The highest BCUT2D eigenvalue weighted by atomic mass is 35.5. The third kappa shape index (κ3) is 3.39. The van der Waals surface area contributed by atoms with Gasteiger partial charge in [-0.25, -0.2) is 0 Å². The van der Waals surface area contributed by atoms with Crippen molar-refractivity contribution >= 4 is 11.6 Å². The van der Waals surface area contributed by atoms with Crippen LogP contribution in [0.2, 0.25) is 5.15 Å². The van der Waals surface area contributed by atoms with Crippen molar-refractivity contribution in [2.45, 2.75) is 25.6 Å². The van der Waals surface area contributed by atoms with Crippen molar-refractivity contribution in [3.8, 4) is 0 Å². The summed E-state index contributed by atoms with van der Waals surface area (Å²) in [7, 11) is 1.66. The molecule has 1 atom stereocenters. The Hall–Kier alpha value is -1.53. The standard InChI is InChI=1S/C14H14ClF3N2O/c1-8-11(13(15)20(2)19-8)7-12(21)9-4-3-5-10(6-9)14(16,17)18/h3-6,12,21H,7H2,1-2H3. The van der Waals surface area contributed by atoms with E-state index in [1.807, 2.05) is 0 Å². The number of rotatable bonds is 3. The van der Waals surface area contributed by atoms with Crippen molar-refractivity contribution in [1.82, 2.24) is 9.78 Å². The molecule has 0 aliphatic carbocycles. The van der Waals surface area contributed by atoms with E-state index in [1.54, 1.807) is 14.0 Å². The van der Waals surface area contributed by atoms with E-state index in [0.29, 0.717) is 16.4 Å². The van der Waals surface area contributed by atoms with Gasteiger partial charge in [0.25, 0.3) is 0 Å². The van der Waals surface area contributed by atoms with Crippen molar-refractivity contribution in [2.24, 2.45) is 7.05 Å². The Morgan fingerprint density at radius 2 is 2.05 bits per heavy atom. The number of aliphatic hydroxyl groups is 1. The van der Waals surface area contributed by atoms with Crippen LogP contribution in [0.3, 0.4) is 0 Å². The Bertz CT molecular complexity index is 652. The van der Waals surface area contributed by atoms with Crippen molar-refractivity contribution in [3.63, 3.8) is 0 Å². The number of hydrogen-bond donors (Lipinski definition) is 1. The fourth-order valence-corrected chi connectivity index (χ4v) is 2.39. The average Bonchev–Trinajstić information content (AvgIpc) is 2.64. The van der Waals surface area contributed by atoms with Crippen LogP contribution in [0, 0.1) is 6.92 Å². The maximum Gasteiger partial charge on any atom is 0.416 e. The number of alkyl halides is 3. The first-order chi connectivity index (χ1) is 9.70. The van der Waals surface area contributed by atoms with Gasteiger partial charge >= 0.3 is 6.18 Å². The summed E-state index contributed by atoms with van der Waals surface area (Å²) >= 11 is 6.06. The Kier molecular flexibility index (Phi) is 4.30. The summed E-state index contributed by atoms with van der Waals surface area (Å²) in [6, 6.07) is 4.65. The molecule has 0 saturated carbocycles. The molecular formula is C14H14ClF3N2O. The van der Waals surface area contributed by atoms with Gasteiger partial charge in [-0.3, -0.25) is 4.68 Å². The summed E-state index contributed by atoms with van der Waals surface area (Å²) in [6.45, 7) is 1.74. The van der Waals surface area contributed by atoms with Crippen LogP contribution < -0.4 is 0 Å². The first-order valence-corrected chi connectivity index (χ1v) is 6.61. The summed E-state index contributed by atoms with van der Waals surface area (Å²) in [6.07, 6.45) is -5.40. The van der Waals surface area contributed by atoms with Crippen LogP contribution in [0.5, 0.6) is 0 Å². The second-order valence-corrected chi connectivity index (χ2v) is 5.18. The van der Waals surface area contributed by atoms with E-state index in [2.05, 4.69) is 5.10 Å². The van der Waals surface area contributed by atoms with Gasteiger partial charge in [0.15, 0.2) is 0 Å². The SMILES string of the molecule is Cc1nn(C)c(Cl)c1CC(O)c1cccc(C(F)(F)F)c1. The number of aliphatic hydroxyl groups excluding tert-OH is 1. The van der Waals surface area contributed by atoms with Crippen molar-refractivity contribution in [3.05, 3.63) is 51.8 Å². The van der Waals surface area contributed by atoms with Crippen molar-refractivity contribution in [2.75, 3.05) is 0 Å². The van der Waals surface area contributed by atoms with Gasteiger partial charge in [0.1, 0.15) is 5.15 Å². The highest BCUT2D eigenvalue weighted by Crippen LogP contribution is 2.32. The second-order valence-electron chi connectivity index (χ2n) is 4.82. The zero-order valence-electron chi connectivity index (χ0n) is 11.4. The number of benzene rings is 1. The largest absolute Gasteiger partial charge is 0.416 e. The molecule has 0 radical (unpaired) electrons. The van der Waals surface area contributed by atoms with E-state index in [4.69, 9.17) is 11.6 Å². The lowest BCUT2D eigenvalue weighted by molar-refractivity contribution is -0.137. The fraction of sp³-hybridized carbons (Fsp3) is 0.357. The quantitative estimate of drug-likeness (QED) is 0.937. The minimum absolute atomic E-state index is 0.111. The zero-order chi connectivity index (χ0) is 15.8. The molecule has 0 saturated heterocycles. The summed E-state index contributed by atoms with van der Waals surface area (Å²) in [4.78, 5) is 0. The molecule has 7 heteroatoms. The van der Waals surface area contributed by atoms with Gasteiger partial charge in [-0.2, -0.15) is 18.3 Å². The summed E-state index contributed by atoms with van der Waals surface area (Å²) in [5.41, 5.74) is 0.690. The fourth-order valence-electron chi connectivity index (χ4n) is 2.14. The predicted octanol–water partition coefficient (Wildman–Crippen LogP) is 3.68. The normalized spacial score (nSPS) is 13.5. The molecule has 114 valence electrons. The molecule has 1 unspecified atom stereocenters. The maximum absolute atomic E-state index is 12.7. The van der Waals surface area contributed by atoms with E-state index >= 15 is 0 Å². The van der Waals surface area contributed by atoms with Crippen molar-refractivity contribution in [1.29, 1.82) is 0 Å². The lowest BCUT2D eigenvalue weighted by atomic mass is 10.00. The van der Waals surface area contributed by atoms with E-state index in [9.17, 15) is 18.3 Å². The molecule has 1 aromatic heterocycles. The van der Waals surface area contributed by atoms with Crippen LogP contribution in [0.15, 0.2) is 24.3 Å². The minimum atomic E-state index is -4.43. The van der Waals surface area contributed by atoms with Crippen LogP contribution in [0.25, 0.3) is 0 Å². The van der Waals surface area contributed by atoms with Gasteiger partial charge in [-0.1, -0.05) is 23.7 Å². The van der Waals surface area contributed by atoms with Crippen LogP contribution in [-0.2, 0) is 19.6 Å². The van der Waals surface area contributed by atoms with E-state index in [0.717, 1.165) is 12.1 Å². The van der Waals surface area contributed by atoms with Gasteiger partial charge in [0, 0.05) is 19.0 Å². The van der Waals surface area contributed by atoms with Gasteiger partial charge < -0.3 is 5.11 Å². The Balaban J connectivity index is 2.27. The number of hydrogen-bond acceptors (Lipinski definition) is 2. The Morgan fingerprint density at radius 3 is 2.57 bits per heavy atom. The highest BCUT2D eigenvalue weighted by Gasteiger charge is 2.31. The van der Waals surface area contributed by atoms with E-state index in [-0.39, 0.29) is 12.0 Å². The summed E-state index contributed by atoms with van der Waals surface area (Å²) in [5.74, 6) is 0. The first kappa shape index (κ1) is 15.9. The average molecular weight is 319 g/mol. The third-order valence-electron chi connectivity index (χ3n) is 3.27. The van der Waals surface area contributed by atoms with Crippen LogP contribution in [0.4, 0.5) is 13.2 Å². The predicted molar refractivity (Wildman–Crippen MR) is 73.1 cm³/mol. The zero-order valence-corrected chi connectivity index (χ0v) is 12.2. The highest BCUT2D eigenvalue weighted by molar-refractivity contribution is 6.30. The monoisotopic (exact) mass is 318 g/mol. The van der Waals surface area contributed by atoms with E-state index < -0.39 is 17.8 Å². The van der Waals surface area contributed by atoms with Crippen molar-refractivity contribution < 1.29 is 18.3 Å². The number of halogens is 4. The molecule has 0 spiro atoms. The molecule has 0 aliphatic rings. The molecule has 3 nitrogen and oxygen atoms in total. The van der Waals surface area contributed by atoms with Gasteiger partial charge in [0.05, 0.1) is 17.4 Å². The van der Waals surface area contributed by atoms with Gasteiger partial charge in [-0.15, -0.1) is 0 Å². The Labute approximate surface area is 125 Å². The third-order valence-corrected chi connectivity index (χ3v) is 3.74. The molecule has 0 fully saturated rings. The minimum Gasteiger partial charge on any atom is -0.388 e. The molecule has 0 amide bonds. The molecule has 2 rings (SSSR count). The molecule has 1 aromatic carbocycles. The Morgan fingerprint density at radius 1 is 1.38 bits per heavy atom. The van der Waals surface area contributed by atoms with Gasteiger partial charge in [0.2, 0.25) is 0 Å². The van der Waals surface area contributed by atoms with Gasteiger partial charge in [-0.05, 0) is 24.6 Å². The molecular weight excluding hydrogens is 305 g/mol. The van der Waals surface area contributed by atoms with Crippen LogP contribution in [-0.4, -0.2) is 14.9 Å². The maximum atomic E-state index is 12.7. The lowest BCUT2D eigenvalue weighted by Gasteiger charge is -2.13. The second kappa shape index (κ2) is 5.69. The summed E-state index contributed by atoms with van der Waals surface area (Å²) < 4.78 is 39.5. The number of aryl methyl sites for hydroxylation is 2.